The molecule has 0 unspecified atom stereocenters. The Hall–Kier alpha value is -1.28. The highest BCUT2D eigenvalue weighted by atomic mass is 15.0. The van der Waals surface area contributed by atoms with Gasteiger partial charge in [0.2, 0.25) is 0 Å². The molecule has 2 rings (SSSR count). The first kappa shape index (κ1) is 16.1. The predicted octanol–water partition coefficient (Wildman–Crippen LogP) is 5.11. The van der Waals surface area contributed by atoms with Gasteiger partial charge >= 0.3 is 0 Å². The second kappa shape index (κ2) is 8.89. The van der Waals surface area contributed by atoms with Crippen LogP contribution >= 0.6 is 0 Å². The average molecular weight is 286 g/mol. The maximum Gasteiger partial charge on any atom is 0.0483 e. The first-order chi connectivity index (χ1) is 10.4. The molecule has 0 spiro atoms. The smallest absolute Gasteiger partial charge is 0.0483 e. The van der Waals surface area contributed by atoms with Gasteiger partial charge in [0.05, 0.1) is 0 Å². The fourth-order valence-corrected chi connectivity index (χ4v) is 2.97. The Morgan fingerprint density at radius 1 is 0.952 bits per heavy atom. The molecule has 0 bridgehead atoms. The molecular weight excluding hydrogens is 256 g/mol. The molecule has 0 saturated heterocycles. The van der Waals surface area contributed by atoms with E-state index in [4.69, 9.17) is 0 Å². The van der Waals surface area contributed by atoms with E-state index in [-0.39, 0.29) is 0 Å². The van der Waals surface area contributed by atoms with Crippen LogP contribution in [0, 0.1) is 0 Å². The molecular formula is C19H30N2. The Morgan fingerprint density at radius 2 is 1.76 bits per heavy atom. The van der Waals surface area contributed by atoms with Gasteiger partial charge in [-0.05, 0) is 31.0 Å². The molecule has 2 heteroatoms. The summed E-state index contributed by atoms with van der Waals surface area (Å²) < 4.78 is 2.40. The van der Waals surface area contributed by atoms with E-state index < -0.39 is 0 Å². The lowest BCUT2D eigenvalue weighted by Gasteiger charge is -2.04. The van der Waals surface area contributed by atoms with Gasteiger partial charge < -0.3 is 9.88 Å². The zero-order valence-corrected chi connectivity index (χ0v) is 13.7. The van der Waals surface area contributed by atoms with Crippen LogP contribution in [0.3, 0.4) is 0 Å². The first-order valence-electron chi connectivity index (χ1n) is 8.64. The Morgan fingerprint density at radius 3 is 2.57 bits per heavy atom. The summed E-state index contributed by atoms with van der Waals surface area (Å²) in [6.07, 6.45) is 10.3. The van der Waals surface area contributed by atoms with Crippen molar-refractivity contribution in [2.45, 2.75) is 65.5 Å². The minimum atomic E-state index is 0.991. The molecule has 2 aromatic rings. The summed E-state index contributed by atoms with van der Waals surface area (Å²) in [6, 6.07) is 8.77. The standard InChI is InChI=1S/C19H30N2/c1-3-5-6-7-10-13-20-15-17-16-21(14-4-2)19-12-9-8-11-18(17)19/h8-9,11-12,16,20H,3-7,10,13-15H2,1-2H3. The Bertz CT molecular complexity index is 527. The summed E-state index contributed by atoms with van der Waals surface area (Å²) in [5.41, 5.74) is 2.81. The van der Waals surface area contributed by atoms with Gasteiger partial charge in [0, 0.05) is 30.2 Å². The topological polar surface area (TPSA) is 17.0 Å². The van der Waals surface area contributed by atoms with Crippen LogP contribution in [0.15, 0.2) is 30.5 Å². The normalized spacial score (nSPS) is 11.3. The molecule has 0 atom stereocenters. The largest absolute Gasteiger partial charge is 0.347 e. The fraction of sp³-hybridized carbons (Fsp3) is 0.579. The average Bonchev–Trinajstić information content (AvgIpc) is 2.85. The number of benzene rings is 1. The molecule has 1 aromatic heterocycles. The maximum absolute atomic E-state index is 3.61. The number of unbranched alkanes of at least 4 members (excludes halogenated alkanes) is 4. The van der Waals surface area contributed by atoms with E-state index in [0.29, 0.717) is 0 Å². The minimum absolute atomic E-state index is 0.991. The minimum Gasteiger partial charge on any atom is -0.347 e. The van der Waals surface area contributed by atoms with Gasteiger partial charge in [-0.2, -0.15) is 0 Å². The maximum atomic E-state index is 3.61. The van der Waals surface area contributed by atoms with E-state index in [1.807, 2.05) is 0 Å². The summed E-state index contributed by atoms with van der Waals surface area (Å²) in [5.74, 6) is 0. The zero-order chi connectivity index (χ0) is 14.9. The highest BCUT2D eigenvalue weighted by molar-refractivity contribution is 5.83. The highest BCUT2D eigenvalue weighted by Crippen LogP contribution is 2.21. The predicted molar refractivity (Wildman–Crippen MR) is 92.7 cm³/mol. The lowest BCUT2D eigenvalue weighted by molar-refractivity contribution is 0.583. The quantitative estimate of drug-likeness (QED) is 0.600. The van der Waals surface area contributed by atoms with Gasteiger partial charge in [0.15, 0.2) is 0 Å². The number of aryl methyl sites for hydroxylation is 1. The van der Waals surface area contributed by atoms with Crippen molar-refractivity contribution in [3.05, 3.63) is 36.0 Å². The van der Waals surface area contributed by atoms with Gasteiger partial charge in [-0.25, -0.2) is 0 Å². The van der Waals surface area contributed by atoms with E-state index in [1.165, 1.54) is 55.0 Å². The van der Waals surface area contributed by atoms with Crippen LogP contribution in [0.1, 0.15) is 57.9 Å². The molecule has 0 amide bonds. The van der Waals surface area contributed by atoms with Gasteiger partial charge in [0.1, 0.15) is 0 Å². The Balaban J connectivity index is 1.87. The van der Waals surface area contributed by atoms with Gasteiger partial charge in [0.25, 0.3) is 0 Å². The van der Waals surface area contributed by atoms with Crippen molar-refractivity contribution < 1.29 is 0 Å². The molecule has 116 valence electrons. The van der Waals surface area contributed by atoms with Gasteiger partial charge in [-0.3, -0.25) is 0 Å². The Labute approximate surface area is 129 Å². The SMILES string of the molecule is CCCCCCCNCc1cn(CCC)c2ccccc12. The molecule has 1 N–H and O–H groups in total. The van der Waals surface area contributed by atoms with Crippen molar-refractivity contribution in [3.63, 3.8) is 0 Å². The summed E-state index contributed by atoms with van der Waals surface area (Å²) in [6.45, 7) is 7.74. The summed E-state index contributed by atoms with van der Waals surface area (Å²) in [4.78, 5) is 0. The molecule has 0 fully saturated rings. The van der Waals surface area contributed by atoms with E-state index >= 15 is 0 Å². The van der Waals surface area contributed by atoms with Crippen LogP contribution in [-0.2, 0) is 13.1 Å². The van der Waals surface area contributed by atoms with Crippen molar-refractivity contribution >= 4 is 10.9 Å². The second-order valence-corrected chi connectivity index (χ2v) is 5.96. The third kappa shape index (κ3) is 4.60. The molecule has 21 heavy (non-hydrogen) atoms. The molecule has 2 nitrogen and oxygen atoms in total. The number of rotatable bonds is 10. The first-order valence-corrected chi connectivity index (χ1v) is 8.64. The van der Waals surface area contributed by atoms with E-state index in [0.717, 1.165) is 19.6 Å². The number of hydrogen-bond acceptors (Lipinski definition) is 1. The highest BCUT2D eigenvalue weighted by Gasteiger charge is 2.06. The van der Waals surface area contributed by atoms with E-state index in [9.17, 15) is 0 Å². The molecule has 0 aliphatic heterocycles. The third-order valence-corrected chi connectivity index (χ3v) is 4.11. The molecule has 0 aliphatic rings. The Kier molecular flexibility index (Phi) is 6.81. The van der Waals surface area contributed by atoms with Crippen LogP contribution in [0.25, 0.3) is 10.9 Å². The lowest BCUT2D eigenvalue weighted by atomic mass is 10.1. The van der Waals surface area contributed by atoms with E-state index in [1.54, 1.807) is 0 Å². The van der Waals surface area contributed by atoms with Crippen LogP contribution in [-0.4, -0.2) is 11.1 Å². The zero-order valence-electron chi connectivity index (χ0n) is 13.7. The fourth-order valence-electron chi connectivity index (χ4n) is 2.97. The van der Waals surface area contributed by atoms with Crippen LogP contribution in [0.5, 0.6) is 0 Å². The van der Waals surface area contributed by atoms with Crippen LogP contribution < -0.4 is 5.32 Å². The number of aromatic nitrogens is 1. The van der Waals surface area contributed by atoms with E-state index in [2.05, 4.69) is 54.2 Å². The molecule has 0 saturated carbocycles. The van der Waals surface area contributed by atoms with Crippen LogP contribution in [0.4, 0.5) is 0 Å². The van der Waals surface area contributed by atoms with Gasteiger partial charge in [-0.1, -0.05) is 57.7 Å². The van der Waals surface area contributed by atoms with Crippen molar-refractivity contribution in [1.82, 2.24) is 9.88 Å². The number of para-hydroxylation sites is 1. The van der Waals surface area contributed by atoms with Crippen molar-refractivity contribution in [2.24, 2.45) is 0 Å². The number of hydrogen-bond donors (Lipinski definition) is 1. The van der Waals surface area contributed by atoms with Crippen LogP contribution in [0.2, 0.25) is 0 Å². The number of nitrogens with zero attached hydrogens (tertiary/aromatic N) is 1. The third-order valence-electron chi connectivity index (χ3n) is 4.11. The molecule has 1 heterocycles. The summed E-state index contributed by atoms with van der Waals surface area (Å²) in [7, 11) is 0. The van der Waals surface area contributed by atoms with Crippen molar-refractivity contribution in [3.8, 4) is 0 Å². The summed E-state index contributed by atoms with van der Waals surface area (Å²) >= 11 is 0. The van der Waals surface area contributed by atoms with Crippen molar-refractivity contribution in [2.75, 3.05) is 6.54 Å². The number of nitrogens with one attached hydrogen (secondary N) is 1. The molecule has 0 radical (unpaired) electrons. The van der Waals surface area contributed by atoms with Gasteiger partial charge in [-0.15, -0.1) is 0 Å². The second-order valence-electron chi connectivity index (χ2n) is 5.96. The molecule has 1 aromatic carbocycles. The van der Waals surface area contributed by atoms with Crippen molar-refractivity contribution in [1.29, 1.82) is 0 Å². The lowest BCUT2D eigenvalue weighted by Crippen LogP contribution is -2.14. The molecule has 0 aliphatic carbocycles. The number of fused-ring (bicyclic) bond motifs is 1. The monoisotopic (exact) mass is 286 g/mol. The summed E-state index contributed by atoms with van der Waals surface area (Å²) in [5, 5.41) is 5.02.